The van der Waals surface area contributed by atoms with Crippen LogP contribution in [0.2, 0.25) is 0 Å². The van der Waals surface area contributed by atoms with Crippen LogP contribution in [0, 0.1) is 11.7 Å². The van der Waals surface area contributed by atoms with E-state index in [1.807, 2.05) is 0 Å². The van der Waals surface area contributed by atoms with E-state index in [9.17, 15) is 9.18 Å². The fraction of sp³-hybridized carbons (Fsp3) is 0.562. The fourth-order valence-corrected chi connectivity index (χ4v) is 2.88. The van der Waals surface area contributed by atoms with Crippen LogP contribution >= 0.6 is 0 Å². The molecule has 0 radical (unpaired) electrons. The first-order valence-corrected chi connectivity index (χ1v) is 7.13. The number of rotatable bonds is 5. The third kappa shape index (κ3) is 3.34. The van der Waals surface area contributed by atoms with Crippen LogP contribution in [0.3, 0.4) is 0 Å². The van der Waals surface area contributed by atoms with E-state index in [1.165, 1.54) is 18.9 Å². The zero-order chi connectivity index (χ0) is 13.8. The lowest BCUT2D eigenvalue weighted by molar-refractivity contribution is 0.112. The maximum Gasteiger partial charge on any atom is 0.150 e. The molecular weight excluding hydrogens is 241 g/mol. The molecule has 104 valence electrons. The van der Waals surface area contributed by atoms with Gasteiger partial charge in [-0.15, -0.1) is 0 Å². The average Bonchev–Trinajstić information content (AvgIpc) is 2.89. The second-order valence-electron chi connectivity index (χ2n) is 5.81. The summed E-state index contributed by atoms with van der Waals surface area (Å²) in [5.74, 6) is 0.211. The second-order valence-corrected chi connectivity index (χ2v) is 5.81. The van der Waals surface area contributed by atoms with Crippen LogP contribution in [0.25, 0.3) is 0 Å². The Labute approximate surface area is 114 Å². The minimum Gasteiger partial charge on any atom is -0.366 e. The molecule has 1 aromatic rings. The molecule has 0 aliphatic heterocycles. The number of halogens is 1. The third-order valence-corrected chi connectivity index (χ3v) is 3.74. The van der Waals surface area contributed by atoms with E-state index < -0.39 is 0 Å². The van der Waals surface area contributed by atoms with Crippen LogP contribution in [0.5, 0.6) is 0 Å². The van der Waals surface area contributed by atoms with Gasteiger partial charge in [-0.25, -0.2) is 4.39 Å². The minimum atomic E-state index is -0.280. The molecule has 0 spiro atoms. The summed E-state index contributed by atoms with van der Waals surface area (Å²) in [6.45, 7) is 5.17. The first-order valence-electron chi connectivity index (χ1n) is 7.13. The molecular formula is C16H22FNO. The van der Waals surface area contributed by atoms with Crippen LogP contribution in [-0.2, 0) is 0 Å². The van der Waals surface area contributed by atoms with Crippen LogP contribution in [0.15, 0.2) is 18.2 Å². The SMILES string of the molecule is CC(C)CN(c1ccc(C=O)cc1F)C1CCCC1. The fourth-order valence-electron chi connectivity index (χ4n) is 2.88. The Morgan fingerprint density at radius 3 is 2.58 bits per heavy atom. The highest BCUT2D eigenvalue weighted by molar-refractivity contribution is 5.76. The summed E-state index contributed by atoms with van der Waals surface area (Å²) < 4.78 is 14.2. The van der Waals surface area contributed by atoms with Gasteiger partial charge in [0, 0.05) is 18.2 Å². The van der Waals surface area contributed by atoms with Crippen molar-refractivity contribution < 1.29 is 9.18 Å². The van der Waals surface area contributed by atoms with Crippen molar-refractivity contribution in [2.24, 2.45) is 5.92 Å². The van der Waals surface area contributed by atoms with Crippen molar-refractivity contribution >= 4 is 12.0 Å². The number of hydrogen-bond donors (Lipinski definition) is 0. The van der Waals surface area contributed by atoms with Crippen molar-refractivity contribution in [3.8, 4) is 0 Å². The number of hydrogen-bond acceptors (Lipinski definition) is 2. The Bertz CT molecular complexity index is 438. The quantitative estimate of drug-likeness (QED) is 0.747. The predicted octanol–water partition coefficient (Wildman–Crippen LogP) is 4.04. The van der Waals surface area contributed by atoms with Gasteiger partial charge >= 0.3 is 0 Å². The number of aldehydes is 1. The van der Waals surface area contributed by atoms with Crippen LogP contribution in [0.4, 0.5) is 10.1 Å². The van der Waals surface area contributed by atoms with Gasteiger partial charge in [-0.2, -0.15) is 0 Å². The molecule has 2 rings (SSSR count). The molecule has 3 heteroatoms. The molecule has 0 atom stereocenters. The molecule has 2 nitrogen and oxygen atoms in total. The van der Waals surface area contributed by atoms with Gasteiger partial charge in [-0.3, -0.25) is 4.79 Å². The van der Waals surface area contributed by atoms with Gasteiger partial charge in [0.1, 0.15) is 12.1 Å². The number of carbonyl (C=O) groups is 1. The maximum atomic E-state index is 14.2. The highest BCUT2D eigenvalue weighted by atomic mass is 19.1. The van der Waals surface area contributed by atoms with E-state index in [0.29, 0.717) is 29.5 Å². The number of nitrogens with zero attached hydrogens (tertiary/aromatic N) is 1. The average molecular weight is 263 g/mol. The maximum absolute atomic E-state index is 14.2. The van der Waals surface area contributed by atoms with Crippen LogP contribution in [0.1, 0.15) is 49.9 Å². The van der Waals surface area contributed by atoms with E-state index in [0.717, 1.165) is 19.4 Å². The molecule has 0 N–H and O–H groups in total. The highest BCUT2D eigenvalue weighted by Crippen LogP contribution is 2.31. The van der Waals surface area contributed by atoms with Gasteiger partial charge in [0.2, 0.25) is 0 Å². The lowest BCUT2D eigenvalue weighted by atomic mass is 10.1. The first kappa shape index (κ1) is 14.0. The molecule has 1 aliphatic rings. The molecule has 1 fully saturated rings. The summed E-state index contributed by atoms with van der Waals surface area (Å²) in [5, 5.41) is 0. The Kier molecular flexibility index (Phi) is 4.56. The smallest absolute Gasteiger partial charge is 0.150 e. The number of anilines is 1. The molecule has 1 saturated carbocycles. The second kappa shape index (κ2) is 6.18. The van der Waals surface area contributed by atoms with E-state index in [4.69, 9.17) is 0 Å². The summed E-state index contributed by atoms with van der Waals surface area (Å²) >= 11 is 0. The van der Waals surface area contributed by atoms with Crippen molar-refractivity contribution in [2.75, 3.05) is 11.4 Å². The molecule has 0 saturated heterocycles. The predicted molar refractivity (Wildman–Crippen MR) is 76.2 cm³/mol. The Hall–Kier alpha value is -1.38. The van der Waals surface area contributed by atoms with E-state index in [2.05, 4.69) is 18.7 Å². The molecule has 0 aromatic heterocycles. The summed E-state index contributed by atoms with van der Waals surface area (Å²) in [6.07, 6.45) is 5.43. The Morgan fingerprint density at radius 1 is 1.37 bits per heavy atom. The number of carbonyl (C=O) groups excluding carboxylic acids is 1. The summed E-state index contributed by atoms with van der Waals surface area (Å²) in [4.78, 5) is 12.9. The summed E-state index contributed by atoms with van der Waals surface area (Å²) in [6, 6.07) is 5.23. The molecule has 19 heavy (non-hydrogen) atoms. The van der Waals surface area contributed by atoms with E-state index in [-0.39, 0.29) is 5.82 Å². The van der Waals surface area contributed by atoms with E-state index in [1.54, 1.807) is 12.1 Å². The third-order valence-electron chi connectivity index (χ3n) is 3.74. The standard InChI is InChI=1S/C16H22FNO/c1-12(2)10-18(14-5-3-4-6-14)16-8-7-13(11-19)9-15(16)17/h7-9,11-12,14H,3-6,10H2,1-2H3. The van der Waals surface area contributed by atoms with Crippen molar-refractivity contribution in [1.82, 2.24) is 0 Å². The van der Waals surface area contributed by atoms with E-state index >= 15 is 0 Å². The minimum absolute atomic E-state index is 0.280. The molecule has 0 amide bonds. The van der Waals surface area contributed by atoms with Gasteiger partial charge in [-0.1, -0.05) is 26.7 Å². The van der Waals surface area contributed by atoms with Crippen LogP contribution in [-0.4, -0.2) is 18.9 Å². The zero-order valence-corrected chi connectivity index (χ0v) is 11.7. The normalized spacial score (nSPS) is 16.0. The zero-order valence-electron chi connectivity index (χ0n) is 11.7. The summed E-state index contributed by atoms with van der Waals surface area (Å²) in [5.41, 5.74) is 1.04. The molecule has 1 aromatic carbocycles. The molecule has 0 unspecified atom stereocenters. The van der Waals surface area contributed by atoms with Gasteiger partial charge < -0.3 is 4.90 Å². The van der Waals surface area contributed by atoms with Gasteiger partial charge in [0.15, 0.2) is 0 Å². The highest BCUT2D eigenvalue weighted by Gasteiger charge is 2.25. The van der Waals surface area contributed by atoms with Crippen molar-refractivity contribution in [3.05, 3.63) is 29.6 Å². The lowest BCUT2D eigenvalue weighted by Gasteiger charge is -2.33. The summed E-state index contributed by atoms with van der Waals surface area (Å²) in [7, 11) is 0. The van der Waals surface area contributed by atoms with Gasteiger partial charge in [-0.05, 0) is 37.0 Å². The lowest BCUT2D eigenvalue weighted by Crippen LogP contribution is -2.36. The van der Waals surface area contributed by atoms with Crippen molar-refractivity contribution in [3.63, 3.8) is 0 Å². The van der Waals surface area contributed by atoms with Crippen LogP contribution < -0.4 is 4.90 Å². The Balaban J connectivity index is 2.28. The van der Waals surface area contributed by atoms with Gasteiger partial charge in [0.05, 0.1) is 5.69 Å². The topological polar surface area (TPSA) is 20.3 Å². The Morgan fingerprint density at radius 2 is 2.05 bits per heavy atom. The molecule has 0 heterocycles. The monoisotopic (exact) mass is 263 g/mol. The molecule has 0 bridgehead atoms. The van der Waals surface area contributed by atoms with Crippen molar-refractivity contribution in [1.29, 1.82) is 0 Å². The van der Waals surface area contributed by atoms with Gasteiger partial charge in [0.25, 0.3) is 0 Å². The first-order chi connectivity index (χ1) is 9.11. The number of benzene rings is 1. The van der Waals surface area contributed by atoms with Crippen molar-refractivity contribution in [2.45, 2.75) is 45.6 Å². The molecule has 1 aliphatic carbocycles. The largest absolute Gasteiger partial charge is 0.366 e.